The number of likely N-dealkylation sites (N-methyl/N-ethyl adjacent to an activating group) is 1. The molecule has 0 spiro atoms. The molecule has 8 heteroatoms. The van der Waals surface area contributed by atoms with Crippen LogP contribution in [0.15, 0.2) is 61.1 Å². The third-order valence-electron chi connectivity index (χ3n) is 6.78. The van der Waals surface area contributed by atoms with Gasteiger partial charge in [0.25, 0.3) is 0 Å². The van der Waals surface area contributed by atoms with Crippen molar-refractivity contribution in [2.75, 3.05) is 26.7 Å². The number of nitrogens with one attached hydrogen (secondary N) is 1. The first kappa shape index (κ1) is 21.3. The second-order valence-electron chi connectivity index (χ2n) is 8.89. The van der Waals surface area contributed by atoms with Crippen LogP contribution in [-0.2, 0) is 22.7 Å². The van der Waals surface area contributed by atoms with Crippen LogP contribution in [-0.4, -0.2) is 74.4 Å². The Balaban J connectivity index is 1.35. The lowest BCUT2D eigenvalue weighted by atomic mass is 9.89. The van der Waals surface area contributed by atoms with Crippen LogP contribution in [0.5, 0.6) is 0 Å². The molecule has 2 amide bonds. The molecule has 0 saturated carbocycles. The van der Waals surface area contributed by atoms with E-state index in [9.17, 15) is 9.59 Å². The Bertz CT molecular complexity index is 1120. The summed E-state index contributed by atoms with van der Waals surface area (Å²) in [4.78, 5) is 36.4. The van der Waals surface area contributed by atoms with Crippen LogP contribution >= 0.6 is 0 Å². The van der Waals surface area contributed by atoms with Gasteiger partial charge in [-0.3, -0.25) is 24.6 Å². The zero-order chi connectivity index (χ0) is 22.8. The van der Waals surface area contributed by atoms with Crippen molar-refractivity contribution in [2.24, 2.45) is 5.92 Å². The number of hydrogen-bond acceptors (Lipinski definition) is 5. The first-order valence-corrected chi connectivity index (χ1v) is 11.3. The summed E-state index contributed by atoms with van der Waals surface area (Å²) in [6, 6.07) is 13.9. The number of carbonyl (C=O) groups excluding carboxylic acids is 2. The zero-order valence-electron chi connectivity index (χ0n) is 18.7. The van der Waals surface area contributed by atoms with Crippen molar-refractivity contribution in [3.8, 4) is 11.3 Å². The number of nitrogens with zero attached hydrogens (tertiary/aromatic N) is 5. The molecule has 0 aliphatic carbocycles. The number of H-pyrrole nitrogens is 1. The molecule has 0 radical (unpaired) electrons. The topological polar surface area (TPSA) is 85.4 Å². The Morgan fingerprint density at radius 2 is 1.91 bits per heavy atom. The number of piperidine rings is 1. The summed E-state index contributed by atoms with van der Waals surface area (Å²) >= 11 is 0. The molecule has 2 aliphatic heterocycles. The second-order valence-corrected chi connectivity index (χ2v) is 8.89. The van der Waals surface area contributed by atoms with Gasteiger partial charge in [0, 0.05) is 57.2 Å². The highest BCUT2D eigenvalue weighted by Crippen LogP contribution is 2.29. The minimum Gasteiger partial charge on any atom is -0.340 e. The largest absolute Gasteiger partial charge is 0.340 e. The lowest BCUT2D eigenvalue weighted by Gasteiger charge is -2.40. The minimum atomic E-state index is -0.251. The van der Waals surface area contributed by atoms with Gasteiger partial charge < -0.3 is 9.80 Å². The van der Waals surface area contributed by atoms with Gasteiger partial charge in [0.15, 0.2) is 0 Å². The first-order valence-electron chi connectivity index (χ1n) is 11.3. The lowest BCUT2D eigenvalue weighted by Crippen LogP contribution is -2.53. The average molecular weight is 445 g/mol. The van der Waals surface area contributed by atoms with E-state index in [0.717, 1.165) is 35.3 Å². The van der Waals surface area contributed by atoms with Gasteiger partial charge in [-0.25, -0.2) is 0 Å². The van der Waals surface area contributed by atoms with Crippen molar-refractivity contribution in [1.82, 2.24) is 29.9 Å². The quantitative estimate of drug-likeness (QED) is 0.652. The molecular formula is C25H28N6O2. The number of hydrogen-bond donors (Lipinski definition) is 1. The Kier molecular flexibility index (Phi) is 5.92. The van der Waals surface area contributed by atoms with Crippen molar-refractivity contribution < 1.29 is 9.59 Å². The molecule has 5 rings (SSSR count). The van der Waals surface area contributed by atoms with Gasteiger partial charge in [0.1, 0.15) is 6.54 Å². The highest BCUT2D eigenvalue weighted by molar-refractivity contribution is 5.89. The van der Waals surface area contributed by atoms with E-state index < -0.39 is 0 Å². The third kappa shape index (κ3) is 4.39. The number of likely N-dealkylation sites (tertiary alicyclic amines) is 1. The van der Waals surface area contributed by atoms with E-state index in [1.807, 2.05) is 43.6 Å². The van der Waals surface area contributed by atoms with E-state index in [2.05, 4.69) is 32.2 Å². The summed E-state index contributed by atoms with van der Waals surface area (Å²) < 4.78 is 0. The predicted octanol–water partition coefficient (Wildman–Crippen LogP) is 2.16. The number of rotatable bonds is 5. The summed E-state index contributed by atoms with van der Waals surface area (Å²) in [5.41, 5.74) is 4.14. The SMILES string of the molecule is CN1C(=O)CN(Cc2cccnc2)C(=O)[C@H]2CN(Cc3cn[nH]c3-c3ccccc3)CC[C@H]21. The van der Waals surface area contributed by atoms with Gasteiger partial charge in [-0.1, -0.05) is 36.4 Å². The maximum absolute atomic E-state index is 13.6. The summed E-state index contributed by atoms with van der Waals surface area (Å²) in [5, 5.41) is 7.39. The molecule has 2 fully saturated rings. The summed E-state index contributed by atoms with van der Waals surface area (Å²) in [6.45, 7) is 2.65. The van der Waals surface area contributed by atoms with E-state index in [4.69, 9.17) is 0 Å². The fourth-order valence-electron chi connectivity index (χ4n) is 5.00. The smallest absolute Gasteiger partial charge is 0.242 e. The molecule has 170 valence electrons. The van der Waals surface area contributed by atoms with E-state index in [-0.39, 0.29) is 30.3 Å². The monoisotopic (exact) mass is 444 g/mol. The van der Waals surface area contributed by atoms with Crippen molar-refractivity contribution in [2.45, 2.75) is 25.6 Å². The number of aromatic nitrogens is 3. The Hall–Kier alpha value is -3.52. The fraction of sp³-hybridized carbons (Fsp3) is 0.360. The highest BCUT2D eigenvalue weighted by atomic mass is 16.2. The van der Waals surface area contributed by atoms with Gasteiger partial charge in [-0.05, 0) is 23.6 Å². The summed E-state index contributed by atoms with van der Waals surface area (Å²) in [5.74, 6) is -0.213. The van der Waals surface area contributed by atoms with Gasteiger partial charge in [-0.15, -0.1) is 0 Å². The average Bonchev–Trinajstić information content (AvgIpc) is 3.29. The Morgan fingerprint density at radius 1 is 1.06 bits per heavy atom. The Morgan fingerprint density at radius 3 is 2.70 bits per heavy atom. The molecule has 0 bridgehead atoms. The van der Waals surface area contributed by atoms with Crippen molar-refractivity contribution in [3.05, 3.63) is 72.2 Å². The number of benzene rings is 1. The number of aromatic amines is 1. The third-order valence-corrected chi connectivity index (χ3v) is 6.78. The minimum absolute atomic E-state index is 0.00520. The van der Waals surface area contributed by atoms with Crippen LogP contribution in [0.4, 0.5) is 0 Å². The van der Waals surface area contributed by atoms with Crippen molar-refractivity contribution in [3.63, 3.8) is 0 Å². The summed E-state index contributed by atoms with van der Waals surface area (Å²) in [7, 11) is 1.83. The molecule has 3 aromatic rings. The van der Waals surface area contributed by atoms with E-state index >= 15 is 0 Å². The van der Waals surface area contributed by atoms with Crippen LogP contribution in [0.1, 0.15) is 17.5 Å². The van der Waals surface area contributed by atoms with Crippen LogP contribution in [0, 0.1) is 5.92 Å². The van der Waals surface area contributed by atoms with Gasteiger partial charge in [0.05, 0.1) is 17.8 Å². The molecule has 4 heterocycles. The predicted molar refractivity (Wildman–Crippen MR) is 124 cm³/mol. The zero-order valence-corrected chi connectivity index (χ0v) is 18.7. The molecule has 2 saturated heterocycles. The molecule has 0 unspecified atom stereocenters. The van der Waals surface area contributed by atoms with Crippen LogP contribution < -0.4 is 0 Å². The molecule has 8 nitrogen and oxygen atoms in total. The maximum atomic E-state index is 13.6. The molecule has 2 aromatic heterocycles. The fourth-order valence-corrected chi connectivity index (χ4v) is 5.00. The van der Waals surface area contributed by atoms with Gasteiger partial charge in [-0.2, -0.15) is 5.10 Å². The second kappa shape index (κ2) is 9.15. The number of pyridine rings is 1. The van der Waals surface area contributed by atoms with E-state index in [1.165, 1.54) is 0 Å². The Labute approximate surface area is 193 Å². The molecule has 1 N–H and O–H groups in total. The first-order chi connectivity index (χ1) is 16.1. The molecule has 2 atom stereocenters. The maximum Gasteiger partial charge on any atom is 0.242 e. The van der Waals surface area contributed by atoms with Crippen molar-refractivity contribution >= 4 is 11.8 Å². The molecular weight excluding hydrogens is 416 g/mol. The normalized spacial score (nSPS) is 21.7. The highest BCUT2D eigenvalue weighted by Gasteiger charge is 2.43. The number of fused-ring (bicyclic) bond motifs is 1. The number of carbonyl (C=O) groups is 2. The number of amides is 2. The van der Waals surface area contributed by atoms with Crippen molar-refractivity contribution in [1.29, 1.82) is 0 Å². The van der Waals surface area contributed by atoms with Crippen LogP contribution in [0.25, 0.3) is 11.3 Å². The molecule has 33 heavy (non-hydrogen) atoms. The van der Waals surface area contributed by atoms with Crippen LogP contribution in [0.3, 0.4) is 0 Å². The summed E-state index contributed by atoms with van der Waals surface area (Å²) in [6.07, 6.45) is 6.11. The van der Waals surface area contributed by atoms with E-state index in [0.29, 0.717) is 19.6 Å². The van der Waals surface area contributed by atoms with Gasteiger partial charge in [0.2, 0.25) is 11.8 Å². The van der Waals surface area contributed by atoms with E-state index in [1.54, 1.807) is 22.2 Å². The molecule has 1 aromatic carbocycles. The lowest BCUT2D eigenvalue weighted by molar-refractivity contribution is -0.138. The van der Waals surface area contributed by atoms with Crippen LogP contribution in [0.2, 0.25) is 0 Å². The standard InChI is InChI=1S/C25H28N6O2/c1-29-22-9-11-30(15-20-13-27-28-24(20)19-7-3-2-4-8-19)16-21(22)25(33)31(17-23(29)32)14-18-6-5-10-26-12-18/h2-8,10,12-13,21-22H,9,11,14-17H2,1H3,(H,27,28)/t21-,22+/m0/s1. The molecule has 2 aliphatic rings. The van der Waals surface area contributed by atoms with Gasteiger partial charge >= 0.3 is 0 Å².